The second-order valence-electron chi connectivity index (χ2n) is 5.62. The SMILES string of the molecule is CCC1CCN(c2nc3sccn3c2CNCCOC)C1. The van der Waals surface area contributed by atoms with Crippen molar-refractivity contribution in [3.05, 3.63) is 17.3 Å². The molecule has 21 heavy (non-hydrogen) atoms. The normalized spacial score (nSPS) is 19.0. The van der Waals surface area contributed by atoms with E-state index in [4.69, 9.17) is 9.72 Å². The van der Waals surface area contributed by atoms with Crippen molar-refractivity contribution < 1.29 is 4.74 Å². The molecule has 2 aromatic rings. The molecule has 5 nitrogen and oxygen atoms in total. The van der Waals surface area contributed by atoms with Crippen molar-refractivity contribution in [2.75, 3.05) is 38.3 Å². The predicted molar refractivity (Wildman–Crippen MR) is 87.3 cm³/mol. The van der Waals surface area contributed by atoms with Crippen LogP contribution in [0.25, 0.3) is 4.96 Å². The molecule has 1 aliphatic heterocycles. The highest BCUT2D eigenvalue weighted by atomic mass is 32.1. The monoisotopic (exact) mass is 308 g/mol. The third-order valence-electron chi connectivity index (χ3n) is 4.28. The molecule has 0 aromatic carbocycles. The van der Waals surface area contributed by atoms with Crippen LogP contribution in [0, 0.1) is 5.92 Å². The highest BCUT2D eigenvalue weighted by Gasteiger charge is 2.26. The molecule has 2 aromatic heterocycles. The van der Waals surface area contributed by atoms with Crippen LogP contribution in [-0.4, -0.2) is 42.7 Å². The van der Waals surface area contributed by atoms with Crippen molar-refractivity contribution in [1.82, 2.24) is 14.7 Å². The second-order valence-corrected chi connectivity index (χ2v) is 6.49. The van der Waals surface area contributed by atoms with Gasteiger partial charge in [0, 0.05) is 44.9 Å². The number of fused-ring (bicyclic) bond motifs is 1. The molecule has 0 bridgehead atoms. The molecule has 0 amide bonds. The summed E-state index contributed by atoms with van der Waals surface area (Å²) in [5.41, 5.74) is 1.28. The van der Waals surface area contributed by atoms with Gasteiger partial charge in [0.05, 0.1) is 12.3 Å². The lowest BCUT2D eigenvalue weighted by Crippen LogP contribution is -2.24. The van der Waals surface area contributed by atoms with Gasteiger partial charge in [-0.2, -0.15) is 0 Å². The lowest BCUT2D eigenvalue weighted by atomic mass is 10.1. The molecule has 3 heterocycles. The Morgan fingerprint density at radius 3 is 3.19 bits per heavy atom. The van der Waals surface area contributed by atoms with E-state index in [0.29, 0.717) is 0 Å². The second kappa shape index (κ2) is 6.77. The molecule has 116 valence electrons. The third kappa shape index (κ3) is 3.07. The Morgan fingerprint density at radius 1 is 1.52 bits per heavy atom. The molecule has 3 rings (SSSR count). The summed E-state index contributed by atoms with van der Waals surface area (Å²) >= 11 is 1.70. The minimum absolute atomic E-state index is 0.739. The lowest BCUT2D eigenvalue weighted by Gasteiger charge is -2.18. The number of hydrogen-bond acceptors (Lipinski definition) is 5. The van der Waals surface area contributed by atoms with E-state index in [0.717, 1.165) is 43.7 Å². The van der Waals surface area contributed by atoms with Gasteiger partial charge in [-0.05, 0) is 12.3 Å². The molecule has 0 aliphatic carbocycles. The number of anilines is 1. The highest BCUT2D eigenvalue weighted by molar-refractivity contribution is 7.15. The molecule has 1 N–H and O–H groups in total. The van der Waals surface area contributed by atoms with Gasteiger partial charge in [0.15, 0.2) is 10.8 Å². The fraction of sp³-hybridized carbons (Fsp3) is 0.667. The van der Waals surface area contributed by atoms with Crippen molar-refractivity contribution in [3.63, 3.8) is 0 Å². The van der Waals surface area contributed by atoms with Gasteiger partial charge in [-0.25, -0.2) is 4.98 Å². The minimum Gasteiger partial charge on any atom is -0.383 e. The van der Waals surface area contributed by atoms with Crippen LogP contribution in [0.15, 0.2) is 11.6 Å². The Balaban J connectivity index is 1.78. The van der Waals surface area contributed by atoms with E-state index in [1.165, 1.54) is 24.4 Å². The molecule has 1 atom stereocenters. The van der Waals surface area contributed by atoms with Gasteiger partial charge in [-0.1, -0.05) is 13.3 Å². The Bertz CT molecular complexity index is 579. The smallest absolute Gasteiger partial charge is 0.195 e. The Hall–Kier alpha value is -1.11. The standard InChI is InChI=1S/C15H24N4OS/c1-3-12-4-6-18(11-12)14-13(10-16-5-8-20-2)19-7-9-21-15(19)17-14/h7,9,12,16H,3-6,8,10-11H2,1-2H3. The van der Waals surface area contributed by atoms with E-state index in [2.05, 4.69) is 33.1 Å². The van der Waals surface area contributed by atoms with E-state index in [1.807, 2.05) is 0 Å². The van der Waals surface area contributed by atoms with E-state index in [1.54, 1.807) is 18.4 Å². The van der Waals surface area contributed by atoms with Crippen LogP contribution in [0.4, 0.5) is 5.82 Å². The van der Waals surface area contributed by atoms with Gasteiger partial charge < -0.3 is 15.0 Å². The summed E-state index contributed by atoms with van der Waals surface area (Å²) in [6.07, 6.45) is 4.68. The minimum atomic E-state index is 0.739. The van der Waals surface area contributed by atoms with Crippen molar-refractivity contribution in [3.8, 4) is 0 Å². The Labute approximate surface area is 129 Å². The van der Waals surface area contributed by atoms with Gasteiger partial charge in [-0.15, -0.1) is 11.3 Å². The summed E-state index contributed by atoms with van der Waals surface area (Å²) in [6.45, 7) is 7.01. The number of thiazole rings is 1. The van der Waals surface area contributed by atoms with Gasteiger partial charge in [0.25, 0.3) is 0 Å². The average Bonchev–Trinajstić information content (AvgIpc) is 3.19. The number of hydrogen-bond donors (Lipinski definition) is 1. The van der Waals surface area contributed by atoms with Crippen LogP contribution in [0.5, 0.6) is 0 Å². The summed E-state index contributed by atoms with van der Waals surface area (Å²) in [7, 11) is 1.73. The fourth-order valence-electron chi connectivity index (χ4n) is 2.98. The zero-order valence-corrected chi connectivity index (χ0v) is 13.7. The lowest BCUT2D eigenvalue weighted by molar-refractivity contribution is 0.199. The number of methoxy groups -OCH3 is 1. The Kier molecular flexibility index (Phi) is 4.77. The maximum atomic E-state index is 5.10. The van der Waals surface area contributed by atoms with Crippen molar-refractivity contribution in [2.24, 2.45) is 5.92 Å². The van der Waals surface area contributed by atoms with Crippen LogP contribution in [-0.2, 0) is 11.3 Å². The largest absolute Gasteiger partial charge is 0.383 e. The van der Waals surface area contributed by atoms with Crippen molar-refractivity contribution in [1.29, 1.82) is 0 Å². The number of ether oxygens (including phenoxy) is 1. The maximum absolute atomic E-state index is 5.10. The molecule has 1 unspecified atom stereocenters. The van der Waals surface area contributed by atoms with E-state index < -0.39 is 0 Å². The van der Waals surface area contributed by atoms with Crippen LogP contribution in [0.1, 0.15) is 25.5 Å². The fourth-order valence-corrected chi connectivity index (χ4v) is 3.71. The number of nitrogens with zero attached hydrogens (tertiary/aromatic N) is 3. The summed E-state index contributed by atoms with van der Waals surface area (Å²) in [5.74, 6) is 1.99. The summed E-state index contributed by atoms with van der Waals surface area (Å²) in [4.78, 5) is 8.41. The topological polar surface area (TPSA) is 41.8 Å². The number of aromatic nitrogens is 2. The zero-order chi connectivity index (χ0) is 14.7. The number of rotatable bonds is 7. The maximum Gasteiger partial charge on any atom is 0.195 e. The summed E-state index contributed by atoms with van der Waals surface area (Å²) in [5, 5.41) is 5.55. The first-order valence-corrected chi connectivity index (χ1v) is 8.60. The van der Waals surface area contributed by atoms with Crippen LogP contribution in [0.3, 0.4) is 0 Å². The number of nitrogens with one attached hydrogen (secondary N) is 1. The third-order valence-corrected chi connectivity index (χ3v) is 5.03. The molecular weight excluding hydrogens is 284 g/mol. The molecule has 1 fully saturated rings. The molecule has 1 saturated heterocycles. The average molecular weight is 308 g/mol. The van der Waals surface area contributed by atoms with Gasteiger partial charge in [0.1, 0.15) is 0 Å². The summed E-state index contributed by atoms with van der Waals surface area (Å²) in [6, 6.07) is 0. The van der Waals surface area contributed by atoms with Gasteiger partial charge in [0.2, 0.25) is 0 Å². The molecule has 1 aliphatic rings. The number of imidazole rings is 1. The van der Waals surface area contributed by atoms with E-state index in [9.17, 15) is 0 Å². The van der Waals surface area contributed by atoms with Crippen LogP contribution in [0.2, 0.25) is 0 Å². The first-order valence-electron chi connectivity index (χ1n) is 7.72. The van der Waals surface area contributed by atoms with Crippen molar-refractivity contribution in [2.45, 2.75) is 26.3 Å². The first kappa shape index (κ1) is 14.8. The van der Waals surface area contributed by atoms with E-state index in [-0.39, 0.29) is 0 Å². The first-order chi connectivity index (χ1) is 10.3. The predicted octanol–water partition coefficient (Wildman–Crippen LogP) is 2.37. The Morgan fingerprint density at radius 2 is 2.43 bits per heavy atom. The van der Waals surface area contributed by atoms with Crippen molar-refractivity contribution >= 4 is 22.1 Å². The van der Waals surface area contributed by atoms with Crippen LogP contribution < -0.4 is 10.2 Å². The zero-order valence-electron chi connectivity index (χ0n) is 12.8. The van der Waals surface area contributed by atoms with Crippen LogP contribution >= 0.6 is 11.3 Å². The van der Waals surface area contributed by atoms with E-state index >= 15 is 0 Å². The van der Waals surface area contributed by atoms with Gasteiger partial charge in [-0.3, -0.25) is 4.40 Å². The molecule has 0 spiro atoms. The molecule has 0 radical (unpaired) electrons. The molecule has 0 saturated carbocycles. The highest BCUT2D eigenvalue weighted by Crippen LogP contribution is 2.30. The quantitative estimate of drug-likeness (QED) is 0.797. The van der Waals surface area contributed by atoms with Gasteiger partial charge >= 0.3 is 0 Å². The molecular formula is C15H24N4OS. The molecule has 6 heteroatoms. The summed E-state index contributed by atoms with van der Waals surface area (Å²) < 4.78 is 7.32.